The molecule has 1 aromatic rings. The van der Waals surface area contributed by atoms with Gasteiger partial charge in [-0.1, -0.05) is 0 Å². The number of rotatable bonds is 6. The summed E-state index contributed by atoms with van der Waals surface area (Å²) in [5, 5.41) is 9.32. The maximum absolute atomic E-state index is 12.6. The summed E-state index contributed by atoms with van der Waals surface area (Å²) < 4.78 is 35.8. The van der Waals surface area contributed by atoms with Gasteiger partial charge < -0.3 is 28.7 Å². The molecule has 3 rings (SSSR count). The number of nitrogens with zero attached hydrogens (tertiary/aromatic N) is 1. The zero-order valence-electron chi connectivity index (χ0n) is 15.0. The lowest BCUT2D eigenvalue weighted by Gasteiger charge is -2.42. The van der Waals surface area contributed by atoms with E-state index in [1.165, 1.54) is 10.8 Å². The lowest BCUT2D eigenvalue weighted by molar-refractivity contribution is -0.279. The van der Waals surface area contributed by atoms with E-state index in [2.05, 4.69) is 4.98 Å². The maximum atomic E-state index is 12.6. The number of H-pyrrole nitrogens is 1. The average Bonchev–Trinajstić information content (AvgIpc) is 3.01. The molecule has 27 heavy (non-hydrogen) atoms. The number of aromatic nitrogens is 2. The molecule has 152 valence electrons. The van der Waals surface area contributed by atoms with Crippen LogP contribution in [-0.2, 0) is 23.3 Å². The fraction of sp³-hybridized carbons (Fsp3) is 0.733. The summed E-state index contributed by atoms with van der Waals surface area (Å²) in [7, 11) is -4.36. The molecule has 0 radical (unpaired) electrons. The molecular formula is C15H23N2O9P. The first-order chi connectivity index (χ1) is 12.7. The van der Waals surface area contributed by atoms with Gasteiger partial charge in [-0.05, 0) is 13.8 Å². The summed E-state index contributed by atoms with van der Waals surface area (Å²) >= 11 is 0. The molecule has 3 heterocycles. The number of aliphatic hydroxyl groups is 1. The predicted molar refractivity (Wildman–Crippen MR) is 91.3 cm³/mol. The molecule has 5 atom stereocenters. The van der Waals surface area contributed by atoms with E-state index in [1.807, 2.05) is 0 Å². The van der Waals surface area contributed by atoms with Crippen LogP contribution in [0.3, 0.4) is 0 Å². The summed E-state index contributed by atoms with van der Waals surface area (Å²) in [5.41, 5.74) is -2.76. The van der Waals surface area contributed by atoms with Crippen molar-refractivity contribution in [2.45, 2.75) is 50.7 Å². The summed E-state index contributed by atoms with van der Waals surface area (Å²) in [6.45, 7) is 2.56. The van der Waals surface area contributed by atoms with Gasteiger partial charge in [-0.2, -0.15) is 0 Å². The summed E-state index contributed by atoms with van der Waals surface area (Å²) in [6, 6.07) is 0. The minimum absolute atomic E-state index is 0.0348. The molecule has 12 heteroatoms. The Kier molecular flexibility index (Phi) is 5.74. The first kappa shape index (κ1) is 20.4. The van der Waals surface area contributed by atoms with Gasteiger partial charge >= 0.3 is 13.3 Å². The van der Waals surface area contributed by atoms with E-state index in [0.29, 0.717) is 5.56 Å². The van der Waals surface area contributed by atoms with Gasteiger partial charge in [0.1, 0.15) is 12.3 Å². The van der Waals surface area contributed by atoms with Crippen LogP contribution in [0.25, 0.3) is 0 Å². The lowest BCUT2D eigenvalue weighted by atomic mass is 10.1. The molecule has 0 amide bonds. The predicted octanol–water partition coefficient (Wildman–Crippen LogP) is -0.194. The second kappa shape index (κ2) is 7.59. The van der Waals surface area contributed by atoms with E-state index in [1.54, 1.807) is 13.8 Å². The van der Waals surface area contributed by atoms with E-state index < -0.39 is 49.4 Å². The van der Waals surface area contributed by atoms with E-state index in [-0.39, 0.29) is 26.1 Å². The van der Waals surface area contributed by atoms with E-state index in [0.717, 1.165) is 0 Å². The molecule has 0 aromatic carbocycles. The van der Waals surface area contributed by atoms with Gasteiger partial charge in [-0.15, -0.1) is 0 Å². The van der Waals surface area contributed by atoms with Gasteiger partial charge in [0.25, 0.3) is 11.1 Å². The highest BCUT2D eigenvalue weighted by atomic mass is 31.2. The first-order valence-corrected chi connectivity index (χ1v) is 10.2. The molecule has 11 nitrogen and oxygen atoms in total. The third-order valence-electron chi connectivity index (χ3n) is 4.61. The molecule has 2 aliphatic heterocycles. The maximum Gasteiger partial charge on any atom is 0.387 e. The summed E-state index contributed by atoms with van der Waals surface area (Å²) in [5.74, 6) is 0. The van der Waals surface area contributed by atoms with Crippen molar-refractivity contribution in [2.75, 3.05) is 19.8 Å². The second-order valence-electron chi connectivity index (χ2n) is 6.44. The Morgan fingerprint density at radius 2 is 2.19 bits per heavy atom. The van der Waals surface area contributed by atoms with Crippen molar-refractivity contribution in [3.05, 3.63) is 32.6 Å². The lowest BCUT2D eigenvalue weighted by Crippen LogP contribution is -2.50. The minimum Gasteiger partial charge on any atom is -0.396 e. The van der Waals surface area contributed by atoms with Crippen molar-refractivity contribution in [1.29, 1.82) is 0 Å². The van der Waals surface area contributed by atoms with Crippen LogP contribution in [0.2, 0.25) is 0 Å². The molecule has 2 fully saturated rings. The number of hydrogen-bond donors (Lipinski definition) is 3. The SMILES string of the molecule is CCOP(=O)(O)[C@@]1(CCO)OC[C@H]2O[C@@H](n3cc(C)c(=O)[nH]c3=O)C[C@H]2O1. The number of aliphatic hydroxyl groups excluding tert-OH is 1. The van der Waals surface area contributed by atoms with Gasteiger partial charge in [0, 0.05) is 31.2 Å². The first-order valence-electron chi connectivity index (χ1n) is 8.60. The Balaban J connectivity index is 1.85. The standard InChI is InChI=1S/C15H23N2O9P/c1-3-24-27(21,22)15(4-5-18)23-8-11-10(26-15)6-12(25-11)17-7-9(2)13(19)16-14(17)20/h7,10-12,18H,3-6,8H2,1-2H3,(H,21,22)(H,16,19,20)/t10-,11-,12-,15+/m1/s1. The zero-order chi connectivity index (χ0) is 19.8. The normalized spacial score (nSPS) is 32.8. The Morgan fingerprint density at radius 3 is 2.85 bits per heavy atom. The second-order valence-corrected chi connectivity index (χ2v) is 8.42. The van der Waals surface area contributed by atoms with Crippen LogP contribution in [-0.4, -0.2) is 57.1 Å². The van der Waals surface area contributed by atoms with Crippen molar-refractivity contribution < 1.29 is 33.3 Å². The summed E-state index contributed by atoms with van der Waals surface area (Å²) in [6.07, 6.45) is -0.646. The molecular weight excluding hydrogens is 383 g/mol. The molecule has 1 aromatic heterocycles. The minimum atomic E-state index is -4.36. The van der Waals surface area contributed by atoms with Crippen LogP contribution in [0.1, 0.15) is 31.6 Å². The Labute approximate surface area is 154 Å². The highest BCUT2D eigenvalue weighted by molar-refractivity contribution is 7.54. The van der Waals surface area contributed by atoms with Gasteiger partial charge in [-0.25, -0.2) is 4.79 Å². The quantitative estimate of drug-likeness (QED) is 0.546. The third-order valence-corrected chi connectivity index (χ3v) is 6.53. The smallest absolute Gasteiger partial charge is 0.387 e. The van der Waals surface area contributed by atoms with Gasteiger partial charge in [0.05, 0.1) is 19.3 Å². The van der Waals surface area contributed by atoms with Crippen LogP contribution in [0, 0.1) is 6.92 Å². The van der Waals surface area contributed by atoms with Gasteiger partial charge in [0.15, 0.2) is 0 Å². The zero-order valence-corrected chi connectivity index (χ0v) is 15.9. The number of hydrogen-bond acceptors (Lipinski definition) is 8. The van der Waals surface area contributed by atoms with E-state index >= 15 is 0 Å². The number of aromatic amines is 1. The molecule has 0 saturated carbocycles. The Hall–Kier alpha value is -1.33. The molecule has 1 unspecified atom stereocenters. The molecule has 0 bridgehead atoms. The largest absolute Gasteiger partial charge is 0.396 e. The molecule has 0 spiro atoms. The Bertz CT molecular complexity index is 852. The number of nitrogens with one attached hydrogen (secondary N) is 1. The molecule has 2 saturated heterocycles. The fourth-order valence-corrected chi connectivity index (χ4v) is 4.70. The van der Waals surface area contributed by atoms with E-state index in [9.17, 15) is 24.2 Å². The molecule has 0 aliphatic carbocycles. The van der Waals surface area contributed by atoms with Crippen LogP contribution < -0.4 is 11.2 Å². The highest BCUT2D eigenvalue weighted by Crippen LogP contribution is 2.61. The topological polar surface area (TPSA) is 149 Å². The van der Waals surface area contributed by atoms with Crippen molar-refractivity contribution in [2.24, 2.45) is 0 Å². The van der Waals surface area contributed by atoms with Crippen molar-refractivity contribution >= 4 is 7.60 Å². The summed E-state index contributed by atoms with van der Waals surface area (Å²) in [4.78, 5) is 36.1. The van der Waals surface area contributed by atoms with Crippen molar-refractivity contribution in [3.63, 3.8) is 0 Å². The van der Waals surface area contributed by atoms with Crippen LogP contribution in [0.15, 0.2) is 15.8 Å². The number of fused-ring (bicyclic) bond motifs is 1. The van der Waals surface area contributed by atoms with Crippen LogP contribution in [0.5, 0.6) is 0 Å². The fourth-order valence-electron chi connectivity index (χ4n) is 3.26. The van der Waals surface area contributed by atoms with E-state index in [4.69, 9.17) is 18.7 Å². The molecule has 2 aliphatic rings. The Morgan fingerprint density at radius 1 is 1.44 bits per heavy atom. The number of aryl methyl sites for hydroxylation is 1. The average molecular weight is 406 g/mol. The van der Waals surface area contributed by atoms with Crippen LogP contribution in [0.4, 0.5) is 0 Å². The molecule has 3 N–H and O–H groups in total. The van der Waals surface area contributed by atoms with Crippen molar-refractivity contribution in [3.8, 4) is 0 Å². The van der Waals surface area contributed by atoms with Crippen LogP contribution >= 0.6 is 7.60 Å². The monoisotopic (exact) mass is 406 g/mol. The van der Waals surface area contributed by atoms with Crippen molar-refractivity contribution in [1.82, 2.24) is 9.55 Å². The highest BCUT2D eigenvalue weighted by Gasteiger charge is 2.58. The number of ether oxygens (including phenoxy) is 3. The van der Waals surface area contributed by atoms with Gasteiger partial charge in [0.2, 0.25) is 0 Å². The van der Waals surface area contributed by atoms with Gasteiger partial charge in [-0.3, -0.25) is 18.9 Å². The third kappa shape index (κ3) is 3.68.